The first kappa shape index (κ1) is 17.3. The quantitative estimate of drug-likeness (QED) is 0.750. The number of halogens is 1. The number of benzene rings is 1. The molecule has 0 spiro atoms. The van der Waals surface area contributed by atoms with Crippen LogP contribution < -0.4 is 14.8 Å². The number of hydrogen-bond donors (Lipinski definition) is 1. The van der Waals surface area contributed by atoms with E-state index >= 15 is 0 Å². The number of amides is 1. The third kappa shape index (κ3) is 4.93. The van der Waals surface area contributed by atoms with Crippen LogP contribution in [-0.2, 0) is 4.79 Å². The average Bonchev–Trinajstić information content (AvgIpc) is 2.50. The van der Waals surface area contributed by atoms with E-state index in [1.54, 1.807) is 0 Å². The Morgan fingerprint density at radius 2 is 2.05 bits per heavy atom. The van der Waals surface area contributed by atoms with Crippen molar-refractivity contribution in [3.63, 3.8) is 0 Å². The molecule has 0 aliphatic rings. The molecule has 0 aliphatic carbocycles. The summed E-state index contributed by atoms with van der Waals surface area (Å²) in [6.45, 7) is 3.85. The maximum absolute atomic E-state index is 11.8. The fraction of sp³-hybridized carbons (Fsp3) is 0.467. The van der Waals surface area contributed by atoms with Gasteiger partial charge in [0.1, 0.15) is 6.29 Å². The van der Waals surface area contributed by atoms with Gasteiger partial charge in [-0.15, -0.1) is 0 Å². The van der Waals surface area contributed by atoms with Gasteiger partial charge in [0.2, 0.25) is 0 Å². The molecule has 21 heavy (non-hydrogen) atoms. The number of carbonyl (C=O) groups excluding carboxylic acids is 2. The molecular weight excluding hydrogens is 294 g/mol. The number of carbonyl (C=O) groups is 2. The molecule has 1 aromatic carbocycles. The number of hydrogen-bond acceptors (Lipinski definition) is 4. The molecule has 0 fully saturated rings. The number of methoxy groups -OCH3 is 1. The van der Waals surface area contributed by atoms with Crippen LogP contribution in [0.25, 0.3) is 0 Å². The molecule has 0 aliphatic heterocycles. The second kappa shape index (κ2) is 8.52. The molecule has 0 atom stereocenters. The van der Waals surface area contributed by atoms with Gasteiger partial charge in [0.25, 0.3) is 5.91 Å². The molecule has 0 saturated carbocycles. The van der Waals surface area contributed by atoms with Gasteiger partial charge in [0.05, 0.1) is 12.1 Å². The van der Waals surface area contributed by atoms with Crippen LogP contribution in [0.4, 0.5) is 0 Å². The predicted octanol–water partition coefficient (Wildman–Crippen LogP) is 2.84. The summed E-state index contributed by atoms with van der Waals surface area (Å²) >= 11 is 6.04. The maximum atomic E-state index is 11.8. The monoisotopic (exact) mass is 313 g/mol. The Morgan fingerprint density at radius 1 is 1.38 bits per heavy atom. The molecule has 6 heteroatoms. The van der Waals surface area contributed by atoms with Gasteiger partial charge in [0, 0.05) is 11.6 Å². The lowest BCUT2D eigenvalue weighted by molar-refractivity contribution is -0.123. The molecule has 0 bridgehead atoms. The summed E-state index contributed by atoms with van der Waals surface area (Å²) < 4.78 is 10.5. The lowest BCUT2D eigenvalue weighted by Gasteiger charge is -2.16. The molecule has 1 N–H and O–H groups in total. The topological polar surface area (TPSA) is 64.6 Å². The Hall–Kier alpha value is -1.75. The Balaban J connectivity index is 2.75. The van der Waals surface area contributed by atoms with Crippen molar-refractivity contribution in [2.24, 2.45) is 0 Å². The molecule has 1 rings (SSSR count). The van der Waals surface area contributed by atoms with Crippen LogP contribution in [0.15, 0.2) is 12.1 Å². The van der Waals surface area contributed by atoms with Gasteiger partial charge >= 0.3 is 0 Å². The van der Waals surface area contributed by atoms with Crippen molar-refractivity contribution in [3.05, 3.63) is 22.7 Å². The fourth-order valence-corrected chi connectivity index (χ4v) is 2.12. The molecular formula is C15H20ClNO4. The summed E-state index contributed by atoms with van der Waals surface area (Å²) in [5.41, 5.74) is 0.380. The lowest BCUT2D eigenvalue weighted by Crippen LogP contribution is -2.37. The van der Waals surface area contributed by atoms with E-state index < -0.39 is 0 Å². The minimum atomic E-state index is -0.221. The fourth-order valence-electron chi connectivity index (χ4n) is 1.85. The van der Waals surface area contributed by atoms with Gasteiger partial charge in [-0.05, 0) is 25.0 Å². The lowest BCUT2D eigenvalue weighted by atomic mass is 10.2. The van der Waals surface area contributed by atoms with E-state index in [9.17, 15) is 9.59 Å². The van der Waals surface area contributed by atoms with Crippen molar-refractivity contribution < 1.29 is 19.1 Å². The minimum Gasteiger partial charge on any atom is -0.493 e. The molecule has 116 valence electrons. The SMILES string of the molecule is CCC(CC)NC(=O)COc1c(Cl)cc(C=O)cc1OC. The minimum absolute atomic E-state index is 0.135. The molecule has 1 amide bonds. The predicted molar refractivity (Wildman–Crippen MR) is 81.4 cm³/mol. The second-order valence-corrected chi connectivity index (χ2v) is 4.93. The van der Waals surface area contributed by atoms with Crippen molar-refractivity contribution in [2.45, 2.75) is 32.7 Å². The first-order valence-corrected chi connectivity index (χ1v) is 7.18. The molecule has 0 heterocycles. The van der Waals surface area contributed by atoms with Crippen molar-refractivity contribution in [1.82, 2.24) is 5.32 Å². The highest BCUT2D eigenvalue weighted by molar-refractivity contribution is 6.32. The van der Waals surface area contributed by atoms with E-state index in [2.05, 4.69) is 5.32 Å². The Labute approximate surface area is 129 Å². The van der Waals surface area contributed by atoms with Crippen LogP contribution in [0.3, 0.4) is 0 Å². The van der Waals surface area contributed by atoms with Gasteiger partial charge in [-0.2, -0.15) is 0 Å². The highest BCUT2D eigenvalue weighted by Crippen LogP contribution is 2.35. The van der Waals surface area contributed by atoms with Gasteiger partial charge in [-0.1, -0.05) is 25.4 Å². The van der Waals surface area contributed by atoms with Crippen molar-refractivity contribution >= 4 is 23.8 Å². The molecule has 0 aromatic heterocycles. The molecule has 0 unspecified atom stereocenters. The van der Waals surface area contributed by atoms with Crippen molar-refractivity contribution in [1.29, 1.82) is 0 Å². The summed E-state index contributed by atoms with van der Waals surface area (Å²) in [5, 5.41) is 3.09. The number of rotatable bonds is 8. The van der Waals surface area contributed by atoms with Crippen molar-refractivity contribution in [3.8, 4) is 11.5 Å². The van der Waals surface area contributed by atoms with Crippen LogP contribution in [0, 0.1) is 0 Å². The van der Waals surface area contributed by atoms with Gasteiger partial charge in [-0.3, -0.25) is 9.59 Å². The van der Waals surface area contributed by atoms with Crippen LogP contribution in [0.1, 0.15) is 37.0 Å². The van der Waals surface area contributed by atoms with E-state index in [-0.39, 0.29) is 29.3 Å². The first-order valence-electron chi connectivity index (χ1n) is 6.80. The molecule has 5 nitrogen and oxygen atoms in total. The van der Waals surface area contributed by atoms with Gasteiger partial charge in [0.15, 0.2) is 18.1 Å². The normalized spacial score (nSPS) is 10.3. The summed E-state index contributed by atoms with van der Waals surface area (Å²) in [7, 11) is 1.44. The zero-order chi connectivity index (χ0) is 15.8. The summed E-state index contributed by atoms with van der Waals surface area (Å²) in [5.74, 6) is 0.352. The van der Waals surface area contributed by atoms with Crippen LogP contribution in [-0.4, -0.2) is 32.0 Å². The van der Waals surface area contributed by atoms with Gasteiger partial charge in [-0.25, -0.2) is 0 Å². The maximum Gasteiger partial charge on any atom is 0.258 e. The van der Waals surface area contributed by atoms with Crippen LogP contribution >= 0.6 is 11.6 Å². The summed E-state index contributed by atoms with van der Waals surface area (Å²) in [4.78, 5) is 22.6. The number of ether oxygens (including phenoxy) is 2. The van der Waals surface area contributed by atoms with Gasteiger partial charge < -0.3 is 14.8 Å². The van der Waals surface area contributed by atoms with E-state index in [1.165, 1.54) is 19.2 Å². The third-order valence-electron chi connectivity index (χ3n) is 3.09. The Kier molecular flexibility index (Phi) is 7.02. The number of nitrogens with one attached hydrogen (secondary N) is 1. The molecule has 0 radical (unpaired) electrons. The first-order chi connectivity index (χ1) is 10.0. The zero-order valence-corrected chi connectivity index (χ0v) is 13.2. The van der Waals surface area contributed by atoms with E-state index in [4.69, 9.17) is 21.1 Å². The highest BCUT2D eigenvalue weighted by atomic mass is 35.5. The molecule has 0 saturated heterocycles. The highest BCUT2D eigenvalue weighted by Gasteiger charge is 2.15. The van der Waals surface area contributed by atoms with E-state index in [0.29, 0.717) is 17.6 Å². The smallest absolute Gasteiger partial charge is 0.258 e. The average molecular weight is 314 g/mol. The Bertz CT molecular complexity index is 501. The number of aldehydes is 1. The Morgan fingerprint density at radius 3 is 2.57 bits per heavy atom. The third-order valence-corrected chi connectivity index (χ3v) is 3.37. The van der Waals surface area contributed by atoms with Crippen molar-refractivity contribution in [2.75, 3.05) is 13.7 Å². The largest absolute Gasteiger partial charge is 0.493 e. The van der Waals surface area contributed by atoms with Crippen LogP contribution in [0.2, 0.25) is 5.02 Å². The second-order valence-electron chi connectivity index (χ2n) is 4.52. The van der Waals surface area contributed by atoms with E-state index in [0.717, 1.165) is 12.8 Å². The zero-order valence-electron chi connectivity index (χ0n) is 12.4. The standard InChI is InChI=1S/C15H20ClNO4/c1-4-11(5-2)17-14(19)9-21-15-12(16)6-10(8-18)7-13(15)20-3/h6-8,11H,4-5,9H2,1-3H3,(H,17,19). The van der Waals surface area contributed by atoms with Crippen LogP contribution in [0.5, 0.6) is 11.5 Å². The summed E-state index contributed by atoms with van der Waals surface area (Å²) in [6.07, 6.45) is 2.39. The molecule has 1 aromatic rings. The van der Waals surface area contributed by atoms with E-state index in [1.807, 2.05) is 13.8 Å². The summed E-state index contributed by atoms with van der Waals surface area (Å²) in [6, 6.07) is 3.11.